The van der Waals surface area contributed by atoms with E-state index in [1.165, 1.54) is 30.4 Å². The van der Waals surface area contributed by atoms with Gasteiger partial charge >= 0.3 is 0 Å². The Morgan fingerprint density at radius 3 is 2.56 bits per heavy atom. The van der Waals surface area contributed by atoms with Gasteiger partial charge in [-0.3, -0.25) is 0 Å². The molecule has 166 valence electrons. The summed E-state index contributed by atoms with van der Waals surface area (Å²) in [6, 6.07) is 17.2. The number of pyridine rings is 1. The van der Waals surface area contributed by atoms with Crippen LogP contribution in [-0.4, -0.2) is 21.1 Å². The summed E-state index contributed by atoms with van der Waals surface area (Å²) in [5.41, 5.74) is 11.8. The Bertz CT molecular complexity index is 1200. The lowest BCUT2D eigenvalue weighted by atomic mass is 9.85. The fourth-order valence-electron chi connectivity index (χ4n) is 4.66. The number of fused-ring (bicyclic) bond motifs is 3. The van der Waals surface area contributed by atoms with E-state index in [-0.39, 0.29) is 0 Å². The molecule has 5 rings (SSSR count). The van der Waals surface area contributed by atoms with Crippen LogP contribution in [0.2, 0.25) is 0 Å². The van der Waals surface area contributed by atoms with Crippen LogP contribution in [0, 0.1) is 5.92 Å². The monoisotopic (exact) mass is 427 g/mol. The summed E-state index contributed by atoms with van der Waals surface area (Å²) in [6.45, 7) is 5.10. The molecular weight excluding hydrogens is 394 g/mol. The van der Waals surface area contributed by atoms with Gasteiger partial charge in [0.25, 0.3) is 0 Å². The number of hydrogen-bond acceptors (Lipinski definition) is 4. The van der Waals surface area contributed by atoms with E-state index in [4.69, 9.17) is 10.7 Å². The average molecular weight is 428 g/mol. The molecular formula is C27H33N5. The molecule has 0 saturated heterocycles. The van der Waals surface area contributed by atoms with Gasteiger partial charge in [-0.1, -0.05) is 62.2 Å². The summed E-state index contributed by atoms with van der Waals surface area (Å²) >= 11 is 0. The fourth-order valence-corrected chi connectivity index (χ4v) is 4.66. The Balaban J connectivity index is 1.44. The Morgan fingerprint density at radius 1 is 1.03 bits per heavy atom. The highest BCUT2D eigenvalue weighted by Gasteiger charge is 2.18. The van der Waals surface area contributed by atoms with Crippen LogP contribution in [0.25, 0.3) is 21.9 Å². The van der Waals surface area contributed by atoms with E-state index < -0.39 is 0 Å². The van der Waals surface area contributed by atoms with E-state index in [0.29, 0.717) is 5.82 Å². The lowest BCUT2D eigenvalue weighted by Gasteiger charge is -2.25. The van der Waals surface area contributed by atoms with Crippen molar-refractivity contribution in [3.8, 4) is 0 Å². The first-order valence-electron chi connectivity index (χ1n) is 12.0. The summed E-state index contributed by atoms with van der Waals surface area (Å²) in [4.78, 5) is 9.55. The van der Waals surface area contributed by atoms with Crippen molar-refractivity contribution >= 4 is 27.8 Å². The number of anilines is 1. The van der Waals surface area contributed by atoms with Gasteiger partial charge < -0.3 is 15.6 Å². The molecule has 1 saturated carbocycles. The van der Waals surface area contributed by atoms with Crippen LogP contribution in [0.15, 0.2) is 48.5 Å². The molecule has 0 amide bonds. The molecule has 5 nitrogen and oxygen atoms in total. The van der Waals surface area contributed by atoms with E-state index in [2.05, 4.69) is 58.2 Å². The molecule has 4 aromatic rings. The third kappa shape index (κ3) is 4.22. The maximum absolute atomic E-state index is 6.33. The highest BCUT2D eigenvalue weighted by Crippen LogP contribution is 2.30. The van der Waals surface area contributed by atoms with Crippen LogP contribution in [0.5, 0.6) is 0 Å². The minimum absolute atomic E-state index is 0.517. The van der Waals surface area contributed by atoms with E-state index in [0.717, 1.165) is 72.6 Å². The second-order valence-corrected chi connectivity index (χ2v) is 9.17. The number of rotatable bonds is 9. The van der Waals surface area contributed by atoms with Crippen LogP contribution < -0.4 is 11.1 Å². The summed E-state index contributed by atoms with van der Waals surface area (Å²) in [7, 11) is 0. The molecule has 2 aromatic carbocycles. The average Bonchev–Trinajstić information content (AvgIpc) is 3.14. The zero-order valence-electron chi connectivity index (χ0n) is 19.0. The Labute approximate surface area is 190 Å². The first-order chi connectivity index (χ1) is 15.7. The van der Waals surface area contributed by atoms with Gasteiger partial charge in [-0.15, -0.1) is 0 Å². The predicted molar refractivity (Wildman–Crippen MR) is 133 cm³/mol. The van der Waals surface area contributed by atoms with Crippen LogP contribution in [0.1, 0.15) is 56.0 Å². The zero-order chi connectivity index (χ0) is 21.9. The SMILES string of the molecule is CCCCc1nc2c(N)nc3ccccc3c2n1Cc1ccc(CNCC2CCC2)cc1. The number of nitrogens with zero attached hydrogens (tertiary/aromatic N) is 3. The molecule has 0 radical (unpaired) electrons. The minimum Gasteiger partial charge on any atom is -0.382 e. The molecule has 0 atom stereocenters. The number of imidazole rings is 1. The van der Waals surface area contributed by atoms with Crippen molar-refractivity contribution in [2.24, 2.45) is 5.92 Å². The summed E-state index contributed by atoms with van der Waals surface area (Å²) in [5.74, 6) is 2.50. The molecule has 0 aliphatic heterocycles. The number of benzene rings is 2. The Hall–Kier alpha value is -2.92. The number of para-hydroxylation sites is 1. The normalized spacial score (nSPS) is 14.3. The molecule has 1 aliphatic rings. The molecule has 5 heteroatoms. The number of nitrogens with one attached hydrogen (secondary N) is 1. The van der Waals surface area contributed by atoms with Gasteiger partial charge in [-0.05, 0) is 48.9 Å². The number of nitrogens with two attached hydrogens (primary N) is 1. The van der Waals surface area contributed by atoms with Crippen LogP contribution in [-0.2, 0) is 19.5 Å². The van der Waals surface area contributed by atoms with Crippen molar-refractivity contribution in [1.82, 2.24) is 19.9 Å². The molecule has 1 aliphatic carbocycles. The van der Waals surface area contributed by atoms with Gasteiger partial charge in [0.15, 0.2) is 5.82 Å². The van der Waals surface area contributed by atoms with Crippen molar-refractivity contribution in [3.05, 3.63) is 65.5 Å². The lowest BCUT2D eigenvalue weighted by Crippen LogP contribution is -2.26. The number of nitrogen functional groups attached to an aromatic ring is 1. The van der Waals surface area contributed by atoms with E-state index >= 15 is 0 Å². The molecule has 0 bridgehead atoms. The first-order valence-corrected chi connectivity index (χ1v) is 12.0. The van der Waals surface area contributed by atoms with E-state index in [9.17, 15) is 0 Å². The maximum Gasteiger partial charge on any atom is 0.152 e. The van der Waals surface area contributed by atoms with Crippen molar-refractivity contribution in [2.45, 2.75) is 58.5 Å². The number of hydrogen-bond donors (Lipinski definition) is 2. The Kier molecular flexibility index (Phi) is 6.08. The highest BCUT2D eigenvalue weighted by atomic mass is 15.1. The molecule has 3 N–H and O–H groups in total. The largest absolute Gasteiger partial charge is 0.382 e. The van der Waals surface area contributed by atoms with Gasteiger partial charge in [0, 0.05) is 24.9 Å². The fraction of sp³-hybridized carbons (Fsp3) is 0.407. The number of aryl methyl sites for hydroxylation is 1. The van der Waals surface area contributed by atoms with Gasteiger partial charge in [0.2, 0.25) is 0 Å². The quantitative estimate of drug-likeness (QED) is 0.373. The summed E-state index contributed by atoms with van der Waals surface area (Å²) in [6.07, 6.45) is 7.38. The van der Waals surface area contributed by atoms with E-state index in [1.54, 1.807) is 0 Å². The second-order valence-electron chi connectivity index (χ2n) is 9.17. The minimum atomic E-state index is 0.517. The van der Waals surface area contributed by atoms with Gasteiger partial charge in [0.05, 0.1) is 11.0 Å². The van der Waals surface area contributed by atoms with Crippen LogP contribution >= 0.6 is 0 Å². The lowest BCUT2D eigenvalue weighted by molar-refractivity contribution is 0.301. The maximum atomic E-state index is 6.33. The van der Waals surface area contributed by atoms with Crippen molar-refractivity contribution < 1.29 is 0 Å². The van der Waals surface area contributed by atoms with E-state index in [1.807, 2.05) is 12.1 Å². The molecule has 0 unspecified atom stereocenters. The third-order valence-electron chi connectivity index (χ3n) is 6.79. The topological polar surface area (TPSA) is 68.8 Å². The molecule has 0 spiro atoms. The summed E-state index contributed by atoms with van der Waals surface area (Å²) < 4.78 is 2.36. The second kappa shape index (κ2) is 9.29. The molecule has 2 aromatic heterocycles. The molecule has 2 heterocycles. The number of aromatic nitrogens is 3. The first kappa shape index (κ1) is 21.0. The molecule has 1 fully saturated rings. The summed E-state index contributed by atoms with van der Waals surface area (Å²) in [5, 5.41) is 4.73. The predicted octanol–water partition coefficient (Wildman–Crippen LogP) is 5.45. The van der Waals surface area contributed by atoms with Crippen molar-refractivity contribution in [1.29, 1.82) is 0 Å². The van der Waals surface area contributed by atoms with Crippen molar-refractivity contribution in [2.75, 3.05) is 12.3 Å². The molecule has 32 heavy (non-hydrogen) atoms. The van der Waals surface area contributed by atoms with Crippen molar-refractivity contribution in [3.63, 3.8) is 0 Å². The third-order valence-corrected chi connectivity index (χ3v) is 6.79. The van der Waals surface area contributed by atoms with Crippen LogP contribution in [0.4, 0.5) is 5.82 Å². The standard InChI is InChI=1S/C27H33N5/c1-2-3-11-24-31-25-26(22-9-4-5-10-23(22)30-27(25)28)32(24)18-21-14-12-20(13-15-21)17-29-16-19-7-6-8-19/h4-5,9-10,12-15,19,29H,2-3,6-8,11,16-18H2,1H3,(H2,28,30). The Morgan fingerprint density at radius 2 is 1.81 bits per heavy atom. The highest BCUT2D eigenvalue weighted by molar-refractivity contribution is 6.06. The van der Waals surface area contributed by atoms with Gasteiger partial charge in [-0.25, -0.2) is 9.97 Å². The van der Waals surface area contributed by atoms with Crippen LogP contribution in [0.3, 0.4) is 0 Å². The van der Waals surface area contributed by atoms with Gasteiger partial charge in [-0.2, -0.15) is 0 Å². The zero-order valence-corrected chi connectivity index (χ0v) is 19.0. The van der Waals surface area contributed by atoms with Gasteiger partial charge in [0.1, 0.15) is 11.3 Å². The number of unbranched alkanes of at least 4 members (excludes halogenated alkanes) is 1. The smallest absolute Gasteiger partial charge is 0.152 e.